The number of amides is 1. The van der Waals surface area contributed by atoms with E-state index in [9.17, 15) is 4.79 Å². The number of hydrogen-bond acceptors (Lipinski definition) is 2. The van der Waals surface area contributed by atoms with Gasteiger partial charge in [-0.15, -0.1) is 0 Å². The number of nitrogens with one attached hydrogen (secondary N) is 1. The maximum Gasteiger partial charge on any atom is 0.237 e. The smallest absolute Gasteiger partial charge is 0.237 e. The normalized spacial score (nSPS) is 14.1. The monoisotopic (exact) mass is 234 g/mol. The van der Waals surface area contributed by atoms with Crippen LogP contribution >= 0.6 is 0 Å². The van der Waals surface area contributed by atoms with Crippen LogP contribution in [0.25, 0.3) is 0 Å². The van der Waals surface area contributed by atoms with E-state index >= 15 is 0 Å². The van der Waals surface area contributed by atoms with Crippen molar-refractivity contribution in [3.63, 3.8) is 0 Å². The van der Waals surface area contributed by atoms with E-state index in [0.29, 0.717) is 6.54 Å². The van der Waals surface area contributed by atoms with Crippen LogP contribution in [-0.2, 0) is 11.3 Å². The first-order valence-corrected chi connectivity index (χ1v) is 6.13. The summed E-state index contributed by atoms with van der Waals surface area (Å²) in [6.45, 7) is 6.62. The third-order valence-electron chi connectivity index (χ3n) is 3.15. The predicted molar refractivity (Wildman–Crippen MR) is 70.5 cm³/mol. The lowest BCUT2D eigenvalue weighted by Gasteiger charge is -2.17. The summed E-state index contributed by atoms with van der Waals surface area (Å²) in [6, 6.07) is 7.70. The molecule has 1 rings (SSSR count). The van der Waals surface area contributed by atoms with Gasteiger partial charge in [0.15, 0.2) is 0 Å². The summed E-state index contributed by atoms with van der Waals surface area (Å²) in [6.07, 6.45) is 0.916. The van der Waals surface area contributed by atoms with Crippen LogP contribution in [0, 0.1) is 12.8 Å². The van der Waals surface area contributed by atoms with Gasteiger partial charge in [0.1, 0.15) is 0 Å². The molecule has 0 saturated carbocycles. The van der Waals surface area contributed by atoms with Crippen molar-refractivity contribution in [3.8, 4) is 0 Å². The molecule has 0 aliphatic carbocycles. The minimum Gasteiger partial charge on any atom is -0.351 e. The highest BCUT2D eigenvalue weighted by Crippen LogP contribution is 2.06. The fraction of sp³-hybridized carbons (Fsp3) is 0.500. The molecule has 2 unspecified atom stereocenters. The molecule has 1 aromatic rings. The van der Waals surface area contributed by atoms with Crippen LogP contribution in [-0.4, -0.2) is 11.9 Å². The molecule has 1 aromatic carbocycles. The molecular weight excluding hydrogens is 212 g/mol. The Labute approximate surface area is 103 Å². The Balaban J connectivity index is 2.45. The van der Waals surface area contributed by atoms with E-state index in [1.165, 1.54) is 5.56 Å². The number of carbonyl (C=O) groups is 1. The van der Waals surface area contributed by atoms with Gasteiger partial charge in [-0.2, -0.15) is 0 Å². The first-order chi connectivity index (χ1) is 8.04. The molecule has 3 N–H and O–H groups in total. The minimum atomic E-state index is -0.412. The van der Waals surface area contributed by atoms with Crippen molar-refractivity contribution in [1.29, 1.82) is 0 Å². The minimum absolute atomic E-state index is 0.0695. The lowest BCUT2D eigenvalue weighted by molar-refractivity contribution is -0.123. The zero-order valence-electron chi connectivity index (χ0n) is 10.9. The highest BCUT2D eigenvalue weighted by atomic mass is 16.2. The van der Waals surface area contributed by atoms with E-state index in [-0.39, 0.29) is 11.8 Å². The van der Waals surface area contributed by atoms with Gasteiger partial charge in [-0.3, -0.25) is 4.79 Å². The van der Waals surface area contributed by atoms with Crippen molar-refractivity contribution < 1.29 is 4.79 Å². The van der Waals surface area contributed by atoms with Gasteiger partial charge in [0.2, 0.25) is 5.91 Å². The van der Waals surface area contributed by atoms with Crippen molar-refractivity contribution in [2.45, 2.75) is 39.8 Å². The highest BCUT2D eigenvalue weighted by molar-refractivity contribution is 5.81. The zero-order chi connectivity index (χ0) is 12.8. The SMILES string of the molecule is CCC(C)C(N)C(=O)NCc1ccc(C)cc1. The lowest BCUT2D eigenvalue weighted by atomic mass is 9.99. The number of benzene rings is 1. The van der Waals surface area contributed by atoms with Gasteiger partial charge in [-0.25, -0.2) is 0 Å². The first-order valence-electron chi connectivity index (χ1n) is 6.13. The Kier molecular flexibility index (Phi) is 5.16. The van der Waals surface area contributed by atoms with E-state index in [4.69, 9.17) is 5.73 Å². The molecule has 0 aromatic heterocycles. The van der Waals surface area contributed by atoms with Gasteiger partial charge >= 0.3 is 0 Å². The topological polar surface area (TPSA) is 55.1 Å². The van der Waals surface area contributed by atoms with Crippen LogP contribution in [0.2, 0.25) is 0 Å². The molecule has 0 heterocycles. The molecule has 0 aliphatic heterocycles. The van der Waals surface area contributed by atoms with Gasteiger partial charge in [0.25, 0.3) is 0 Å². The van der Waals surface area contributed by atoms with Crippen LogP contribution in [0.4, 0.5) is 0 Å². The maximum absolute atomic E-state index is 11.7. The quantitative estimate of drug-likeness (QED) is 0.818. The molecule has 2 atom stereocenters. The summed E-state index contributed by atoms with van der Waals surface area (Å²) < 4.78 is 0. The molecule has 0 saturated heterocycles. The fourth-order valence-corrected chi connectivity index (χ4v) is 1.53. The number of hydrogen-bond donors (Lipinski definition) is 2. The molecule has 0 fully saturated rings. The second-order valence-electron chi connectivity index (χ2n) is 4.61. The van der Waals surface area contributed by atoms with Crippen molar-refractivity contribution in [1.82, 2.24) is 5.32 Å². The summed E-state index contributed by atoms with van der Waals surface area (Å²) >= 11 is 0. The molecule has 3 nitrogen and oxygen atoms in total. The van der Waals surface area contributed by atoms with Gasteiger partial charge in [0.05, 0.1) is 6.04 Å². The Morgan fingerprint density at radius 1 is 1.35 bits per heavy atom. The standard InChI is InChI=1S/C14H22N2O/c1-4-11(3)13(15)14(17)16-9-12-7-5-10(2)6-8-12/h5-8,11,13H,4,9,15H2,1-3H3,(H,16,17). The van der Waals surface area contributed by atoms with E-state index < -0.39 is 6.04 Å². The summed E-state index contributed by atoms with van der Waals surface area (Å²) in [5.74, 6) is 0.146. The molecule has 0 bridgehead atoms. The molecule has 94 valence electrons. The van der Waals surface area contributed by atoms with Gasteiger partial charge < -0.3 is 11.1 Å². The van der Waals surface area contributed by atoms with Gasteiger partial charge in [0, 0.05) is 6.54 Å². The molecule has 17 heavy (non-hydrogen) atoms. The molecule has 1 amide bonds. The lowest BCUT2D eigenvalue weighted by Crippen LogP contribution is -2.44. The van der Waals surface area contributed by atoms with E-state index in [1.807, 2.05) is 45.0 Å². The Bertz CT molecular complexity index is 359. The van der Waals surface area contributed by atoms with Crippen molar-refractivity contribution in [2.75, 3.05) is 0 Å². The van der Waals surface area contributed by atoms with Gasteiger partial charge in [-0.05, 0) is 18.4 Å². The summed E-state index contributed by atoms with van der Waals surface area (Å²) in [4.78, 5) is 11.7. The van der Waals surface area contributed by atoms with Crippen LogP contribution in [0.3, 0.4) is 0 Å². The van der Waals surface area contributed by atoms with Crippen molar-refractivity contribution in [2.24, 2.45) is 11.7 Å². The highest BCUT2D eigenvalue weighted by Gasteiger charge is 2.18. The van der Waals surface area contributed by atoms with Crippen LogP contribution < -0.4 is 11.1 Å². The Morgan fingerprint density at radius 3 is 2.47 bits per heavy atom. The predicted octanol–water partition coefficient (Wildman–Crippen LogP) is 1.98. The van der Waals surface area contributed by atoms with Gasteiger partial charge in [-0.1, -0.05) is 50.1 Å². The molecule has 0 spiro atoms. The fourth-order valence-electron chi connectivity index (χ4n) is 1.53. The zero-order valence-corrected chi connectivity index (χ0v) is 10.9. The summed E-state index contributed by atoms with van der Waals surface area (Å²) in [5.41, 5.74) is 8.16. The average molecular weight is 234 g/mol. The Morgan fingerprint density at radius 2 is 1.94 bits per heavy atom. The van der Waals surface area contributed by atoms with Crippen molar-refractivity contribution >= 4 is 5.91 Å². The number of aryl methyl sites for hydroxylation is 1. The Hall–Kier alpha value is -1.35. The van der Waals surface area contributed by atoms with E-state index in [1.54, 1.807) is 0 Å². The average Bonchev–Trinajstić information content (AvgIpc) is 2.35. The third-order valence-corrected chi connectivity index (χ3v) is 3.15. The summed E-state index contributed by atoms with van der Waals surface area (Å²) in [5, 5.41) is 2.87. The second kappa shape index (κ2) is 6.40. The van der Waals surface area contributed by atoms with Crippen LogP contribution in [0.1, 0.15) is 31.4 Å². The molecular formula is C14H22N2O. The molecule has 0 radical (unpaired) electrons. The van der Waals surface area contributed by atoms with Crippen LogP contribution in [0.15, 0.2) is 24.3 Å². The summed E-state index contributed by atoms with van der Waals surface area (Å²) in [7, 11) is 0. The second-order valence-corrected chi connectivity index (χ2v) is 4.61. The first kappa shape index (κ1) is 13.7. The largest absolute Gasteiger partial charge is 0.351 e. The number of nitrogens with two attached hydrogens (primary N) is 1. The van der Waals surface area contributed by atoms with Crippen molar-refractivity contribution in [3.05, 3.63) is 35.4 Å². The van der Waals surface area contributed by atoms with E-state index in [0.717, 1.165) is 12.0 Å². The third kappa shape index (κ3) is 4.19. The molecule has 3 heteroatoms. The maximum atomic E-state index is 11.7. The van der Waals surface area contributed by atoms with Crippen LogP contribution in [0.5, 0.6) is 0 Å². The number of rotatable bonds is 5. The number of carbonyl (C=O) groups excluding carboxylic acids is 1. The molecule has 0 aliphatic rings. The van der Waals surface area contributed by atoms with E-state index in [2.05, 4.69) is 5.32 Å².